The van der Waals surface area contributed by atoms with Gasteiger partial charge in [-0.05, 0) is 48.6 Å². The van der Waals surface area contributed by atoms with E-state index in [-0.39, 0.29) is 5.91 Å². The molecule has 1 aliphatic rings. The fourth-order valence-corrected chi connectivity index (χ4v) is 4.99. The summed E-state index contributed by atoms with van der Waals surface area (Å²) in [6.07, 6.45) is 2.12. The zero-order valence-electron chi connectivity index (χ0n) is 15.1. The molecule has 1 aromatic carbocycles. The Morgan fingerprint density at radius 2 is 1.93 bits per heavy atom. The molecular weight excluding hydrogens is 378 g/mol. The summed E-state index contributed by atoms with van der Waals surface area (Å²) < 4.78 is 11.6. The zero-order chi connectivity index (χ0) is 18.6. The summed E-state index contributed by atoms with van der Waals surface area (Å²) in [5.74, 6) is 1.14. The molecule has 2 aromatic heterocycles. The standard InChI is InChI=1S/C21H21NO3S2/c1-24-17-7-4-6-16(21(23)22-11-2-3-12-22)20(17)25-14-15-9-10-19(27-15)18-8-5-13-26-18/h4-10,13H,2-3,11-12,14H2,1H3. The molecule has 0 aliphatic carbocycles. The van der Waals surface area contributed by atoms with Crippen LogP contribution in [0.15, 0.2) is 47.8 Å². The Balaban J connectivity index is 1.55. The van der Waals surface area contributed by atoms with Crippen molar-refractivity contribution in [2.45, 2.75) is 19.4 Å². The first kappa shape index (κ1) is 18.1. The molecule has 1 fully saturated rings. The van der Waals surface area contributed by atoms with Gasteiger partial charge in [0.05, 0.1) is 12.7 Å². The molecule has 0 radical (unpaired) electrons. The van der Waals surface area contributed by atoms with E-state index in [0.29, 0.717) is 23.7 Å². The minimum atomic E-state index is 0.0202. The van der Waals surface area contributed by atoms with Crippen LogP contribution in [-0.2, 0) is 6.61 Å². The summed E-state index contributed by atoms with van der Waals surface area (Å²) in [4.78, 5) is 18.4. The van der Waals surface area contributed by atoms with E-state index >= 15 is 0 Å². The fourth-order valence-electron chi connectivity index (χ4n) is 3.23. The van der Waals surface area contributed by atoms with Crippen LogP contribution in [0.25, 0.3) is 9.75 Å². The average molecular weight is 400 g/mol. The number of hydrogen-bond donors (Lipinski definition) is 0. The number of ether oxygens (including phenoxy) is 2. The number of carbonyl (C=O) groups is 1. The lowest BCUT2D eigenvalue weighted by Crippen LogP contribution is -2.28. The number of rotatable bonds is 6. The molecule has 3 heterocycles. The van der Waals surface area contributed by atoms with Crippen LogP contribution in [0.5, 0.6) is 11.5 Å². The number of nitrogens with zero attached hydrogens (tertiary/aromatic N) is 1. The number of likely N-dealkylation sites (tertiary alicyclic amines) is 1. The minimum absolute atomic E-state index is 0.0202. The predicted molar refractivity (Wildman–Crippen MR) is 110 cm³/mol. The molecule has 27 heavy (non-hydrogen) atoms. The maximum Gasteiger partial charge on any atom is 0.257 e. The van der Waals surface area contributed by atoms with Crippen molar-refractivity contribution in [3.8, 4) is 21.3 Å². The molecule has 6 heteroatoms. The number of carbonyl (C=O) groups excluding carboxylic acids is 1. The van der Waals surface area contributed by atoms with Gasteiger partial charge in [0.25, 0.3) is 5.91 Å². The van der Waals surface area contributed by atoms with Gasteiger partial charge in [-0.2, -0.15) is 0 Å². The lowest BCUT2D eigenvalue weighted by molar-refractivity contribution is 0.0787. The molecule has 0 atom stereocenters. The molecule has 0 N–H and O–H groups in total. The summed E-state index contributed by atoms with van der Waals surface area (Å²) in [6, 6.07) is 13.9. The Kier molecular flexibility index (Phi) is 5.45. The molecular formula is C21H21NO3S2. The van der Waals surface area contributed by atoms with Crippen LogP contribution in [0.4, 0.5) is 0 Å². The van der Waals surface area contributed by atoms with Gasteiger partial charge in [-0.15, -0.1) is 22.7 Å². The van der Waals surface area contributed by atoms with Crippen molar-refractivity contribution in [1.29, 1.82) is 0 Å². The highest BCUT2D eigenvalue weighted by atomic mass is 32.1. The van der Waals surface area contributed by atoms with E-state index in [1.165, 1.54) is 9.75 Å². The molecule has 0 saturated carbocycles. The Morgan fingerprint density at radius 1 is 1.07 bits per heavy atom. The maximum absolute atomic E-state index is 12.9. The van der Waals surface area contributed by atoms with Crippen molar-refractivity contribution in [2.75, 3.05) is 20.2 Å². The summed E-state index contributed by atoms with van der Waals surface area (Å²) in [5, 5.41) is 2.08. The van der Waals surface area contributed by atoms with E-state index in [0.717, 1.165) is 30.8 Å². The molecule has 1 aliphatic heterocycles. The smallest absolute Gasteiger partial charge is 0.257 e. The minimum Gasteiger partial charge on any atom is -0.493 e. The number of hydrogen-bond acceptors (Lipinski definition) is 5. The molecule has 1 amide bonds. The summed E-state index contributed by atoms with van der Waals surface area (Å²) in [5.41, 5.74) is 0.575. The fraction of sp³-hybridized carbons (Fsp3) is 0.286. The second-order valence-electron chi connectivity index (χ2n) is 6.37. The highest BCUT2D eigenvalue weighted by Crippen LogP contribution is 2.35. The molecule has 0 unspecified atom stereocenters. The third-order valence-corrected chi connectivity index (χ3v) is 6.73. The van der Waals surface area contributed by atoms with Gasteiger partial charge in [0, 0.05) is 27.7 Å². The van der Waals surface area contributed by atoms with Crippen LogP contribution in [0, 0.1) is 0 Å². The number of methoxy groups -OCH3 is 1. The largest absolute Gasteiger partial charge is 0.493 e. The van der Waals surface area contributed by atoms with Crippen LogP contribution < -0.4 is 9.47 Å². The van der Waals surface area contributed by atoms with Gasteiger partial charge in [0.1, 0.15) is 6.61 Å². The number of para-hydroxylation sites is 1. The average Bonchev–Trinajstić information content (AvgIpc) is 3.47. The lowest BCUT2D eigenvalue weighted by atomic mass is 10.1. The van der Waals surface area contributed by atoms with Gasteiger partial charge in [-0.3, -0.25) is 4.79 Å². The SMILES string of the molecule is COc1cccc(C(=O)N2CCCC2)c1OCc1ccc(-c2cccs2)s1. The van der Waals surface area contributed by atoms with Gasteiger partial charge in [-0.25, -0.2) is 0 Å². The van der Waals surface area contributed by atoms with E-state index in [1.807, 2.05) is 23.1 Å². The maximum atomic E-state index is 12.9. The Morgan fingerprint density at radius 3 is 2.67 bits per heavy atom. The second-order valence-corrected chi connectivity index (χ2v) is 8.48. The molecule has 0 bridgehead atoms. The van der Waals surface area contributed by atoms with Crippen LogP contribution in [-0.4, -0.2) is 31.0 Å². The van der Waals surface area contributed by atoms with E-state index in [2.05, 4.69) is 29.6 Å². The monoisotopic (exact) mass is 399 g/mol. The quantitative estimate of drug-likeness (QED) is 0.564. The van der Waals surface area contributed by atoms with Crippen molar-refractivity contribution >= 4 is 28.6 Å². The van der Waals surface area contributed by atoms with E-state index in [9.17, 15) is 4.79 Å². The van der Waals surface area contributed by atoms with Crippen molar-refractivity contribution in [3.05, 3.63) is 58.3 Å². The van der Waals surface area contributed by atoms with Crippen molar-refractivity contribution < 1.29 is 14.3 Å². The summed E-state index contributed by atoms with van der Waals surface area (Å²) in [7, 11) is 1.60. The normalized spacial score (nSPS) is 13.7. The first-order valence-corrected chi connectivity index (χ1v) is 10.7. The van der Waals surface area contributed by atoms with Crippen LogP contribution in [0.3, 0.4) is 0 Å². The Labute approximate surface area is 167 Å². The third-order valence-electron chi connectivity index (χ3n) is 4.61. The molecule has 140 valence electrons. The first-order chi connectivity index (χ1) is 13.3. The topological polar surface area (TPSA) is 38.8 Å². The van der Waals surface area contributed by atoms with Gasteiger partial charge in [-0.1, -0.05) is 12.1 Å². The van der Waals surface area contributed by atoms with Gasteiger partial charge in [0.15, 0.2) is 11.5 Å². The van der Waals surface area contributed by atoms with Crippen LogP contribution in [0.1, 0.15) is 28.1 Å². The Hall–Kier alpha value is -2.31. The summed E-state index contributed by atoms with van der Waals surface area (Å²) >= 11 is 3.44. The molecule has 1 saturated heterocycles. The van der Waals surface area contributed by atoms with E-state index in [4.69, 9.17) is 9.47 Å². The number of thiophene rings is 2. The Bertz CT molecular complexity index is 911. The number of amides is 1. The zero-order valence-corrected chi connectivity index (χ0v) is 16.8. The lowest BCUT2D eigenvalue weighted by Gasteiger charge is -2.19. The van der Waals surface area contributed by atoms with Crippen LogP contribution in [0.2, 0.25) is 0 Å². The highest BCUT2D eigenvalue weighted by Gasteiger charge is 2.24. The van der Waals surface area contributed by atoms with Crippen molar-refractivity contribution in [1.82, 2.24) is 4.90 Å². The van der Waals surface area contributed by atoms with Gasteiger partial charge in [0.2, 0.25) is 0 Å². The van der Waals surface area contributed by atoms with E-state index < -0.39 is 0 Å². The molecule has 4 nitrogen and oxygen atoms in total. The highest BCUT2D eigenvalue weighted by molar-refractivity contribution is 7.21. The second kappa shape index (κ2) is 8.15. The first-order valence-electron chi connectivity index (χ1n) is 8.98. The van der Waals surface area contributed by atoms with Crippen molar-refractivity contribution in [2.24, 2.45) is 0 Å². The summed E-state index contributed by atoms with van der Waals surface area (Å²) in [6.45, 7) is 2.03. The van der Waals surface area contributed by atoms with Gasteiger partial charge >= 0.3 is 0 Å². The predicted octanol–water partition coefficient (Wildman–Crippen LogP) is 5.30. The van der Waals surface area contributed by atoms with Gasteiger partial charge < -0.3 is 14.4 Å². The molecule has 0 spiro atoms. The molecule has 3 aromatic rings. The van der Waals surface area contributed by atoms with E-state index in [1.54, 1.807) is 29.8 Å². The van der Waals surface area contributed by atoms with Crippen molar-refractivity contribution in [3.63, 3.8) is 0 Å². The third kappa shape index (κ3) is 3.87. The molecule has 4 rings (SSSR count). The number of benzene rings is 1. The van der Waals surface area contributed by atoms with Crippen LogP contribution >= 0.6 is 22.7 Å².